The van der Waals surface area contributed by atoms with E-state index < -0.39 is 6.09 Å². The van der Waals surface area contributed by atoms with Crippen LogP contribution in [0, 0.1) is 0 Å². The highest BCUT2D eigenvalue weighted by Gasteiger charge is 2.07. The quantitative estimate of drug-likeness (QED) is 0.466. The topological polar surface area (TPSA) is 136 Å². The average Bonchev–Trinajstić information content (AvgIpc) is 2.59. The Morgan fingerprint density at radius 1 is 1.60 bits per heavy atom. The number of rotatable bonds is 4. The lowest BCUT2D eigenvalue weighted by Crippen LogP contribution is -2.29. The van der Waals surface area contributed by atoms with E-state index in [9.17, 15) is 9.59 Å². The first kappa shape index (κ1) is 10.8. The third kappa shape index (κ3) is 3.55. The zero-order valence-corrected chi connectivity index (χ0v) is 7.82. The molecule has 0 fully saturated rings. The lowest BCUT2D eigenvalue weighted by Gasteiger charge is -2.02. The number of aromatic nitrogens is 2. The highest BCUT2D eigenvalue weighted by molar-refractivity contribution is 5.92. The maximum Gasteiger partial charge on any atom is 0.404 e. The predicted octanol–water partition coefficient (Wildman–Crippen LogP) is -1.18. The van der Waals surface area contributed by atoms with Gasteiger partial charge in [0.2, 0.25) is 0 Å². The standard InChI is InChI=1S/C7H11N5O3/c8-5-3-4(11-12-5)6(13)10-1-2-15-7(9)14/h3H,1-2H2,(H2,9,14)(H,10,13)(H3,8,11,12). The van der Waals surface area contributed by atoms with Gasteiger partial charge in [-0.05, 0) is 0 Å². The molecule has 0 aliphatic rings. The molecule has 1 aromatic heterocycles. The lowest BCUT2D eigenvalue weighted by molar-refractivity contribution is 0.0932. The first-order valence-electron chi connectivity index (χ1n) is 4.11. The number of anilines is 1. The van der Waals surface area contributed by atoms with Crippen LogP contribution in [0.2, 0.25) is 0 Å². The van der Waals surface area contributed by atoms with Crippen LogP contribution in [0.1, 0.15) is 10.5 Å². The van der Waals surface area contributed by atoms with E-state index >= 15 is 0 Å². The molecule has 1 aromatic rings. The molecule has 0 spiro atoms. The summed E-state index contributed by atoms with van der Waals surface area (Å²) < 4.78 is 4.41. The smallest absolute Gasteiger partial charge is 0.404 e. The van der Waals surface area contributed by atoms with E-state index in [4.69, 9.17) is 11.5 Å². The van der Waals surface area contributed by atoms with Gasteiger partial charge in [-0.3, -0.25) is 9.89 Å². The van der Waals surface area contributed by atoms with Crippen LogP contribution >= 0.6 is 0 Å². The van der Waals surface area contributed by atoms with Gasteiger partial charge in [0.25, 0.3) is 5.91 Å². The van der Waals surface area contributed by atoms with Gasteiger partial charge in [0.05, 0.1) is 6.54 Å². The van der Waals surface area contributed by atoms with Gasteiger partial charge in [-0.15, -0.1) is 0 Å². The summed E-state index contributed by atoms with van der Waals surface area (Å²) in [5.74, 6) is -0.152. The van der Waals surface area contributed by atoms with Crippen LogP contribution in [-0.4, -0.2) is 35.3 Å². The zero-order valence-electron chi connectivity index (χ0n) is 7.82. The summed E-state index contributed by atoms with van der Waals surface area (Å²) in [6.45, 7) is 0.186. The van der Waals surface area contributed by atoms with E-state index in [1.165, 1.54) is 6.07 Å². The van der Waals surface area contributed by atoms with Gasteiger partial charge in [0.1, 0.15) is 18.1 Å². The molecule has 0 bridgehead atoms. The second kappa shape index (κ2) is 4.84. The first-order valence-corrected chi connectivity index (χ1v) is 4.11. The van der Waals surface area contributed by atoms with Crippen molar-refractivity contribution in [2.45, 2.75) is 0 Å². The molecule has 0 aromatic carbocycles. The number of nitrogens with one attached hydrogen (secondary N) is 2. The van der Waals surface area contributed by atoms with Crippen LogP contribution in [0.3, 0.4) is 0 Å². The van der Waals surface area contributed by atoms with Crippen molar-refractivity contribution in [3.63, 3.8) is 0 Å². The van der Waals surface area contributed by atoms with E-state index in [1.54, 1.807) is 0 Å². The Hall–Kier alpha value is -2.25. The zero-order chi connectivity index (χ0) is 11.3. The number of nitrogens with two attached hydrogens (primary N) is 2. The number of ether oxygens (including phenoxy) is 1. The van der Waals surface area contributed by atoms with Crippen molar-refractivity contribution in [2.75, 3.05) is 18.9 Å². The first-order chi connectivity index (χ1) is 7.09. The molecule has 1 rings (SSSR count). The van der Waals surface area contributed by atoms with E-state index in [0.717, 1.165) is 0 Å². The molecule has 1 heterocycles. The number of hydrogen-bond acceptors (Lipinski definition) is 5. The number of hydrogen-bond donors (Lipinski definition) is 4. The van der Waals surface area contributed by atoms with Crippen LogP contribution in [0.25, 0.3) is 0 Å². The molecule has 0 unspecified atom stereocenters. The Bertz CT molecular complexity index is 361. The molecular formula is C7H11N5O3. The van der Waals surface area contributed by atoms with Crippen LogP contribution in [0.15, 0.2) is 6.07 Å². The van der Waals surface area contributed by atoms with E-state index in [-0.39, 0.29) is 30.6 Å². The molecule has 0 saturated heterocycles. The van der Waals surface area contributed by atoms with Crippen molar-refractivity contribution >= 4 is 17.8 Å². The Labute approximate surface area is 85.0 Å². The highest BCUT2D eigenvalue weighted by atomic mass is 16.5. The van der Waals surface area contributed by atoms with Gasteiger partial charge >= 0.3 is 6.09 Å². The van der Waals surface area contributed by atoms with Crippen molar-refractivity contribution in [1.29, 1.82) is 0 Å². The van der Waals surface area contributed by atoms with Gasteiger partial charge in [-0.25, -0.2) is 4.79 Å². The second-order valence-corrected chi connectivity index (χ2v) is 2.63. The van der Waals surface area contributed by atoms with E-state index in [0.29, 0.717) is 0 Å². The minimum Gasteiger partial charge on any atom is -0.448 e. The molecule has 8 heteroatoms. The fourth-order valence-corrected chi connectivity index (χ4v) is 0.865. The molecule has 6 N–H and O–H groups in total. The number of H-pyrrole nitrogens is 1. The summed E-state index contributed by atoms with van der Waals surface area (Å²) in [5, 5.41) is 8.49. The summed E-state index contributed by atoms with van der Waals surface area (Å²) in [4.78, 5) is 21.5. The molecule has 15 heavy (non-hydrogen) atoms. The van der Waals surface area contributed by atoms with E-state index in [2.05, 4.69) is 20.3 Å². The summed E-state index contributed by atoms with van der Waals surface area (Å²) in [6.07, 6.45) is -0.880. The second-order valence-electron chi connectivity index (χ2n) is 2.63. The number of amides is 2. The van der Waals surface area contributed by atoms with Crippen molar-refractivity contribution in [1.82, 2.24) is 15.5 Å². The van der Waals surface area contributed by atoms with Crippen molar-refractivity contribution < 1.29 is 14.3 Å². The van der Waals surface area contributed by atoms with Gasteiger partial charge in [0, 0.05) is 6.07 Å². The predicted molar refractivity (Wildman–Crippen MR) is 50.9 cm³/mol. The average molecular weight is 213 g/mol. The Kier molecular flexibility index (Phi) is 3.49. The number of primary amides is 1. The molecule has 0 aliphatic carbocycles. The number of aromatic amines is 1. The van der Waals surface area contributed by atoms with Gasteiger partial charge in [-0.1, -0.05) is 0 Å². The summed E-state index contributed by atoms with van der Waals surface area (Å²) in [6, 6.07) is 1.39. The fraction of sp³-hybridized carbons (Fsp3) is 0.286. The largest absolute Gasteiger partial charge is 0.448 e. The summed E-state index contributed by atoms with van der Waals surface area (Å²) >= 11 is 0. The minimum absolute atomic E-state index is 0.0185. The van der Waals surface area contributed by atoms with Crippen LogP contribution in [0.4, 0.5) is 10.6 Å². The van der Waals surface area contributed by atoms with Gasteiger partial charge in [-0.2, -0.15) is 5.10 Å². The molecule has 8 nitrogen and oxygen atoms in total. The molecule has 0 aliphatic heterocycles. The normalized spacial score (nSPS) is 9.60. The van der Waals surface area contributed by atoms with Crippen LogP contribution < -0.4 is 16.8 Å². The number of nitrogen functional groups attached to an aromatic ring is 1. The van der Waals surface area contributed by atoms with Gasteiger partial charge < -0.3 is 21.5 Å². The van der Waals surface area contributed by atoms with Crippen molar-refractivity contribution in [3.8, 4) is 0 Å². The van der Waals surface area contributed by atoms with Crippen molar-refractivity contribution in [3.05, 3.63) is 11.8 Å². The summed E-state index contributed by atoms with van der Waals surface area (Å²) in [7, 11) is 0. The van der Waals surface area contributed by atoms with Crippen LogP contribution in [0.5, 0.6) is 0 Å². The van der Waals surface area contributed by atoms with E-state index in [1.807, 2.05) is 0 Å². The fourth-order valence-electron chi connectivity index (χ4n) is 0.865. The monoisotopic (exact) mass is 213 g/mol. The lowest BCUT2D eigenvalue weighted by atomic mass is 10.4. The minimum atomic E-state index is -0.880. The molecule has 0 saturated carbocycles. The maximum atomic E-state index is 11.3. The Morgan fingerprint density at radius 3 is 2.87 bits per heavy atom. The number of carbonyl (C=O) groups is 2. The van der Waals surface area contributed by atoms with Crippen molar-refractivity contribution in [2.24, 2.45) is 5.73 Å². The van der Waals surface area contributed by atoms with Gasteiger partial charge in [0.15, 0.2) is 0 Å². The molecule has 2 amide bonds. The number of carbonyl (C=O) groups excluding carboxylic acids is 2. The molecular weight excluding hydrogens is 202 g/mol. The molecule has 82 valence electrons. The third-order valence-electron chi connectivity index (χ3n) is 1.47. The maximum absolute atomic E-state index is 11.3. The number of nitrogens with zero attached hydrogens (tertiary/aromatic N) is 1. The Balaban J connectivity index is 2.28. The highest BCUT2D eigenvalue weighted by Crippen LogP contribution is 1.99. The summed E-state index contributed by atoms with van der Waals surface area (Å²) in [5.41, 5.74) is 10.3. The third-order valence-corrected chi connectivity index (χ3v) is 1.47. The SMILES string of the molecule is NC(=O)OCCNC(=O)c1cc(N)n[nH]1. The Morgan fingerprint density at radius 2 is 2.33 bits per heavy atom. The van der Waals surface area contributed by atoms with Crippen LogP contribution in [-0.2, 0) is 4.74 Å². The molecule has 0 atom stereocenters. The molecule has 0 radical (unpaired) electrons.